The van der Waals surface area contributed by atoms with Gasteiger partial charge in [0.25, 0.3) is 15.9 Å². The highest BCUT2D eigenvalue weighted by Gasteiger charge is 2.23. The number of carbonyl (C=O) groups is 1. The highest BCUT2D eigenvalue weighted by atomic mass is 79.9. The van der Waals surface area contributed by atoms with Crippen LogP contribution in [0, 0.1) is 0 Å². The number of benzene rings is 2. The van der Waals surface area contributed by atoms with Gasteiger partial charge in [0, 0.05) is 41.8 Å². The molecule has 3 aromatic rings. The molecule has 0 aliphatic carbocycles. The van der Waals surface area contributed by atoms with Crippen molar-refractivity contribution in [2.75, 3.05) is 24.5 Å². The van der Waals surface area contributed by atoms with Crippen molar-refractivity contribution in [1.29, 1.82) is 0 Å². The molecule has 4 rings (SSSR count). The van der Waals surface area contributed by atoms with Gasteiger partial charge in [0.05, 0.1) is 16.7 Å². The van der Waals surface area contributed by atoms with E-state index in [-0.39, 0.29) is 21.9 Å². The molecule has 1 aliphatic rings. The van der Waals surface area contributed by atoms with E-state index in [1.807, 2.05) is 0 Å². The Kier molecular flexibility index (Phi) is 6.36. The number of anilines is 1. The smallest absolute Gasteiger partial charge is 0.264 e. The second kappa shape index (κ2) is 9.05. The number of nitrogens with zero attached hydrogens (tertiary/aromatic N) is 1. The van der Waals surface area contributed by atoms with Crippen LogP contribution < -0.4 is 15.1 Å². The van der Waals surface area contributed by atoms with E-state index in [0.717, 1.165) is 21.6 Å². The monoisotopic (exact) mass is 519 g/mol. The van der Waals surface area contributed by atoms with Crippen LogP contribution in [0.1, 0.15) is 23.2 Å². The summed E-state index contributed by atoms with van der Waals surface area (Å²) in [6.45, 7) is 0.992. The topological polar surface area (TPSA) is 109 Å². The molecule has 0 bridgehead atoms. The minimum absolute atomic E-state index is 0.0437. The molecule has 2 aromatic carbocycles. The number of carbonyl (C=O) groups excluding carboxylic acids is 1. The Morgan fingerprint density at radius 1 is 1.25 bits per heavy atom. The summed E-state index contributed by atoms with van der Waals surface area (Å²) in [5.41, 5.74) is 0.304. The number of ether oxygens (including phenoxy) is 1. The summed E-state index contributed by atoms with van der Waals surface area (Å²) in [4.78, 5) is 28.4. The summed E-state index contributed by atoms with van der Waals surface area (Å²) in [5, 5.41) is 2.85. The molecule has 168 valence electrons. The van der Waals surface area contributed by atoms with Crippen molar-refractivity contribution in [2.24, 2.45) is 0 Å². The van der Waals surface area contributed by atoms with Gasteiger partial charge < -0.3 is 15.0 Å². The van der Waals surface area contributed by atoms with Crippen LogP contribution in [0.2, 0.25) is 0 Å². The molecule has 32 heavy (non-hydrogen) atoms. The van der Waals surface area contributed by atoms with E-state index in [2.05, 4.69) is 26.2 Å². The third-order valence-electron chi connectivity index (χ3n) is 5.46. The standard InChI is InChI=1S/C22H22BrN3O5S/c1-26(15-6-4-14(23)5-7-15)32(29,30)17-8-9-20-18(11-17)21(27)19(13-24-20)22(28)25-12-16-3-2-10-31-16/h4-9,11,13,16H,2-3,10,12H2,1H3,(H,24,27)(H,25,28). The molecule has 2 N–H and O–H groups in total. The Hall–Kier alpha value is -2.69. The van der Waals surface area contributed by atoms with Gasteiger partial charge in [0.1, 0.15) is 5.56 Å². The van der Waals surface area contributed by atoms with E-state index in [0.29, 0.717) is 24.4 Å². The molecular formula is C22H22BrN3O5S. The van der Waals surface area contributed by atoms with Crippen LogP contribution in [0.4, 0.5) is 5.69 Å². The number of sulfonamides is 1. The van der Waals surface area contributed by atoms with Crippen LogP contribution in [-0.2, 0) is 14.8 Å². The number of aromatic nitrogens is 1. The number of nitrogens with one attached hydrogen (secondary N) is 2. The maximum Gasteiger partial charge on any atom is 0.264 e. The SMILES string of the molecule is CN(c1ccc(Br)cc1)S(=O)(=O)c1ccc2[nH]cc(C(=O)NCC3CCCO3)c(=O)c2c1. The quantitative estimate of drug-likeness (QED) is 0.520. The van der Waals surface area contributed by atoms with Gasteiger partial charge in [-0.2, -0.15) is 0 Å². The van der Waals surface area contributed by atoms with Gasteiger partial charge in [-0.25, -0.2) is 8.42 Å². The second-order valence-corrected chi connectivity index (χ2v) is 10.4. The van der Waals surface area contributed by atoms with Crippen molar-refractivity contribution in [2.45, 2.75) is 23.8 Å². The van der Waals surface area contributed by atoms with Gasteiger partial charge in [0.15, 0.2) is 0 Å². The molecule has 0 saturated carbocycles. The zero-order valence-electron chi connectivity index (χ0n) is 17.3. The van der Waals surface area contributed by atoms with Gasteiger partial charge in [-0.1, -0.05) is 15.9 Å². The zero-order valence-corrected chi connectivity index (χ0v) is 19.7. The van der Waals surface area contributed by atoms with E-state index in [9.17, 15) is 18.0 Å². The van der Waals surface area contributed by atoms with Gasteiger partial charge in [0.2, 0.25) is 5.43 Å². The van der Waals surface area contributed by atoms with Crippen LogP contribution in [0.15, 0.2) is 62.8 Å². The molecule has 8 nitrogen and oxygen atoms in total. The molecule has 1 saturated heterocycles. The average molecular weight is 520 g/mol. The van der Waals surface area contributed by atoms with E-state index in [1.165, 1.54) is 31.4 Å². The minimum atomic E-state index is -3.92. The third kappa shape index (κ3) is 4.43. The highest BCUT2D eigenvalue weighted by Crippen LogP contribution is 2.25. The number of halogens is 1. The lowest BCUT2D eigenvalue weighted by atomic mass is 10.1. The van der Waals surface area contributed by atoms with Crippen molar-refractivity contribution in [3.8, 4) is 0 Å². The number of hydrogen-bond acceptors (Lipinski definition) is 5. The summed E-state index contributed by atoms with van der Waals surface area (Å²) in [6, 6.07) is 11.1. The summed E-state index contributed by atoms with van der Waals surface area (Å²) < 4.78 is 33.8. The van der Waals surface area contributed by atoms with Crippen molar-refractivity contribution < 1.29 is 17.9 Å². The molecule has 0 radical (unpaired) electrons. The third-order valence-corrected chi connectivity index (χ3v) is 7.77. The number of aromatic amines is 1. The lowest BCUT2D eigenvalue weighted by molar-refractivity contribution is 0.0857. The number of pyridine rings is 1. The fourth-order valence-electron chi connectivity index (χ4n) is 3.58. The molecule has 1 fully saturated rings. The predicted molar refractivity (Wildman–Crippen MR) is 126 cm³/mol. The number of rotatable bonds is 6. The first-order valence-corrected chi connectivity index (χ1v) is 12.3. The fraction of sp³-hybridized carbons (Fsp3) is 0.273. The largest absolute Gasteiger partial charge is 0.376 e. The number of hydrogen-bond donors (Lipinski definition) is 2. The maximum atomic E-state index is 13.1. The maximum absolute atomic E-state index is 13.1. The molecule has 1 amide bonds. The molecule has 1 unspecified atom stereocenters. The van der Waals surface area contributed by atoms with E-state index in [4.69, 9.17) is 4.74 Å². The lowest BCUT2D eigenvalue weighted by Gasteiger charge is -2.20. The van der Waals surface area contributed by atoms with Crippen LogP contribution >= 0.6 is 15.9 Å². The first-order valence-electron chi connectivity index (χ1n) is 10.1. The van der Waals surface area contributed by atoms with Crippen molar-refractivity contribution in [3.05, 3.63) is 68.9 Å². The van der Waals surface area contributed by atoms with Crippen LogP contribution in [-0.4, -0.2) is 45.6 Å². The highest BCUT2D eigenvalue weighted by molar-refractivity contribution is 9.10. The molecular weight excluding hydrogens is 498 g/mol. The first-order chi connectivity index (χ1) is 15.3. The van der Waals surface area contributed by atoms with Crippen molar-refractivity contribution >= 4 is 48.5 Å². The Bertz CT molecular complexity index is 1320. The normalized spacial score (nSPS) is 16.2. The van der Waals surface area contributed by atoms with Gasteiger partial charge >= 0.3 is 0 Å². The van der Waals surface area contributed by atoms with Gasteiger partial charge in [-0.05, 0) is 55.3 Å². The van der Waals surface area contributed by atoms with E-state index < -0.39 is 21.4 Å². The molecule has 1 atom stereocenters. The minimum Gasteiger partial charge on any atom is -0.376 e. The average Bonchev–Trinajstić information content (AvgIpc) is 3.31. The first kappa shape index (κ1) is 22.5. The molecule has 0 spiro atoms. The molecule has 1 aromatic heterocycles. The number of H-pyrrole nitrogens is 1. The van der Waals surface area contributed by atoms with Crippen LogP contribution in [0.5, 0.6) is 0 Å². The Morgan fingerprint density at radius 3 is 2.69 bits per heavy atom. The Balaban J connectivity index is 1.65. The van der Waals surface area contributed by atoms with Gasteiger partial charge in [-0.15, -0.1) is 0 Å². The second-order valence-electron chi connectivity index (χ2n) is 7.53. The fourth-order valence-corrected chi connectivity index (χ4v) is 5.07. The molecule has 10 heteroatoms. The summed E-state index contributed by atoms with van der Waals surface area (Å²) in [5.74, 6) is -0.524. The van der Waals surface area contributed by atoms with Crippen LogP contribution in [0.25, 0.3) is 10.9 Å². The predicted octanol–water partition coefficient (Wildman–Crippen LogP) is 3.02. The zero-order chi connectivity index (χ0) is 22.9. The molecule has 2 heterocycles. The summed E-state index contributed by atoms with van der Waals surface area (Å²) >= 11 is 3.33. The number of amides is 1. The van der Waals surface area contributed by atoms with Crippen molar-refractivity contribution in [3.63, 3.8) is 0 Å². The van der Waals surface area contributed by atoms with E-state index >= 15 is 0 Å². The van der Waals surface area contributed by atoms with Gasteiger partial charge in [-0.3, -0.25) is 13.9 Å². The van der Waals surface area contributed by atoms with E-state index in [1.54, 1.807) is 24.3 Å². The summed E-state index contributed by atoms with van der Waals surface area (Å²) in [7, 11) is -2.47. The Morgan fingerprint density at radius 2 is 2.00 bits per heavy atom. The summed E-state index contributed by atoms with van der Waals surface area (Å²) in [6.07, 6.45) is 3.10. The van der Waals surface area contributed by atoms with Crippen molar-refractivity contribution in [1.82, 2.24) is 10.3 Å². The number of fused-ring (bicyclic) bond motifs is 1. The molecule has 1 aliphatic heterocycles. The Labute approximate surface area is 193 Å². The van der Waals surface area contributed by atoms with Crippen LogP contribution in [0.3, 0.4) is 0 Å². The lowest BCUT2D eigenvalue weighted by Crippen LogP contribution is -2.34.